The summed E-state index contributed by atoms with van der Waals surface area (Å²) in [6.45, 7) is 2.93. The van der Waals surface area contributed by atoms with E-state index in [0.717, 1.165) is 35.1 Å². The molecule has 2 aromatic carbocycles. The van der Waals surface area contributed by atoms with Crippen molar-refractivity contribution >= 4 is 5.97 Å². The number of fused-ring (bicyclic) bond motifs is 1. The van der Waals surface area contributed by atoms with Crippen LogP contribution in [0.4, 0.5) is 4.39 Å². The molecule has 5 rings (SSSR count). The van der Waals surface area contributed by atoms with Gasteiger partial charge in [-0.1, -0.05) is 24.1 Å². The SMILES string of the molecule is CC#CC(CC(=O)O)c1ccc(O[C@@H]2CCc3c(-c4cnc(OC5CCOCC5)c(C#N)c4)ccc(F)c32)cc1. The van der Waals surface area contributed by atoms with E-state index in [-0.39, 0.29) is 18.3 Å². The number of rotatable bonds is 8. The predicted octanol–water partition coefficient (Wildman–Crippen LogP) is 5.97. The molecule has 40 heavy (non-hydrogen) atoms. The first-order valence-corrected chi connectivity index (χ1v) is 13.3. The number of aliphatic carboxylic acids is 1. The first-order chi connectivity index (χ1) is 19.5. The van der Waals surface area contributed by atoms with Gasteiger partial charge in [0.25, 0.3) is 0 Å². The van der Waals surface area contributed by atoms with E-state index in [2.05, 4.69) is 22.9 Å². The van der Waals surface area contributed by atoms with Crippen molar-refractivity contribution in [3.8, 4) is 40.7 Å². The number of hydrogen-bond acceptors (Lipinski definition) is 6. The molecule has 7 nitrogen and oxygen atoms in total. The van der Waals surface area contributed by atoms with Gasteiger partial charge in [-0.25, -0.2) is 9.37 Å². The normalized spacial score (nSPS) is 17.2. The van der Waals surface area contributed by atoms with E-state index >= 15 is 4.39 Å². The minimum absolute atomic E-state index is 0.0381. The molecule has 0 amide bonds. The number of hydrogen-bond donors (Lipinski definition) is 1. The van der Waals surface area contributed by atoms with E-state index in [1.54, 1.807) is 49.5 Å². The zero-order valence-corrected chi connectivity index (χ0v) is 22.2. The first-order valence-electron chi connectivity index (χ1n) is 13.3. The average Bonchev–Trinajstić information content (AvgIpc) is 3.38. The zero-order chi connectivity index (χ0) is 28.1. The Morgan fingerprint density at radius 2 is 1.95 bits per heavy atom. The second-order valence-electron chi connectivity index (χ2n) is 9.86. The molecule has 1 aromatic heterocycles. The second kappa shape index (κ2) is 12.2. The third-order valence-electron chi connectivity index (χ3n) is 7.27. The molecule has 2 atom stereocenters. The molecule has 1 fully saturated rings. The summed E-state index contributed by atoms with van der Waals surface area (Å²) in [6.07, 6.45) is 3.77. The number of aromatic nitrogens is 1. The fraction of sp³-hybridized carbons (Fsp3) is 0.344. The molecule has 1 unspecified atom stereocenters. The lowest BCUT2D eigenvalue weighted by atomic mass is 9.96. The summed E-state index contributed by atoms with van der Waals surface area (Å²) in [4.78, 5) is 15.7. The van der Waals surface area contributed by atoms with E-state index < -0.39 is 18.0 Å². The van der Waals surface area contributed by atoms with Crippen molar-refractivity contribution in [1.29, 1.82) is 5.26 Å². The Kier molecular flexibility index (Phi) is 8.28. The maximum atomic E-state index is 15.1. The van der Waals surface area contributed by atoms with Gasteiger partial charge in [-0.05, 0) is 60.7 Å². The fourth-order valence-corrected chi connectivity index (χ4v) is 5.33. The Hall–Kier alpha value is -4.40. The molecule has 1 aliphatic carbocycles. The molecule has 2 heterocycles. The Bertz CT molecular complexity index is 1500. The van der Waals surface area contributed by atoms with Gasteiger partial charge in [-0.3, -0.25) is 4.79 Å². The lowest BCUT2D eigenvalue weighted by Crippen LogP contribution is -2.26. The largest absolute Gasteiger partial charge is 0.486 e. The van der Waals surface area contributed by atoms with E-state index in [1.165, 1.54) is 6.07 Å². The highest BCUT2D eigenvalue weighted by Gasteiger charge is 2.31. The van der Waals surface area contributed by atoms with Crippen LogP contribution in [-0.4, -0.2) is 35.4 Å². The summed E-state index contributed by atoms with van der Waals surface area (Å²) >= 11 is 0. The van der Waals surface area contributed by atoms with Crippen LogP contribution in [0.25, 0.3) is 11.1 Å². The van der Waals surface area contributed by atoms with Gasteiger partial charge < -0.3 is 19.3 Å². The fourth-order valence-electron chi connectivity index (χ4n) is 5.33. The number of halogens is 1. The van der Waals surface area contributed by atoms with Crippen molar-refractivity contribution in [2.45, 2.75) is 57.2 Å². The molecule has 2 aliphatic rings. The smallest absolute Gasteiger partial charge is 0.304 e. The van der Waals surface area contributed by atoms with E-state index in [1.807, 2.05) is 0 Å². The number of ether oxygens (including phenoxy) is 3. The Labute approximate surface area is 232 Å². The van der Waals surface area contributed by atoms with Gasteiger partial charge in [0.2, 0.25) is 5.88 Å². The van der Waals surface area contributed by atoms with Crippen molar-refractivity contribution in [1.82, 2.24) is 4.98 Å². The molecule has 1 N–H and O–H groups in total. The minimum atomic E-state index is -0.916. The molecule has 0 spiro atoms. The maximum Gasteiger partial charge on any atom is 0.304 e. The maximum absolute atomic E-state index is 15.1. The van der Waals surface area contributed by atoms with Gasteiger partial charge in [0.1, 0.15) is 35.4 Å². The monoisotopic (exact) mass is 540 g/mol. The molecular weight excluding hydrogens is 511 g/mol. The highest BCUT2D eigenvalue weighted by Crippen LogP contribution is 2.42. The van der Waals surface area contributed by atoms with Crippen molar-refractivity contribution in [3.63, 3.8) is 0 Å². The number of carboxylic acid groups (broad SMARTS) is 1. The summed E-state index contributed by atoms with van der Waals surface area (Å²) in [5.74, 6) is 4.92. The highest BCUT2D eigenvalue weighted by molar-refractivity contribution is 5.71. The van der Waals surface area contributed by atoms with Crippen LogP contribution >= 0.6 is 0 Å². The first kappa shape index (κ1) is 27.2. The summed E-state index contributed by atoms with van der Waals surface area (Å²) in [5, 5.41) is 19.0. The number of nitrogens with zero attached hydrogens (tertiary/aromatic N) is 2. The van der Waals surface area contributed by atoms with Gasteiger partial charge in [-0.15, -0.1) is 5.92 Å². The van der Waals surface area contributed by atoms with Crippen LogP contribution in [0.5, 0.6) is 11.6 Å². The van der Waals surface area contributed by atoms with Crippen LogP contribution in [0.3, 0.4) is 0 Å². The van der Waals surface area contributed by atoms with Crippen molar-refractivity contribution in [2.75, 3.05) is 13.2 Å². The van der Waals surface area contributed by atoms with Gasteiger partial charge in [0.15, 0.2) is 0 Å². The molecule has 0 saturated carbocycles. The zero-order valence-electron chi connectivity index (χ0n) is 22.2. The van der Waals surface area contributed by atoms with E-state index in [9.17, 15) is 15.2 Å². The Morgan fingerprint density at radius 3 is 2.65 bits per heavy atom. The lowest BCUT2D eigenvalue weighted by Gasteiger charge is -2.23. The Balaban J connectivity index is 1.37. The van der Waals surface area contributed by atoms with Crippen LogP contribution in [0.2, 0.25) is 0 Å². The molecule has 204 valence electrons. The summed E-state index contributed by atoms with van der Waals surface area (Å²) in [6, 6.07) is 14.2. The van der Waals surface area contributed by atoms with Gasteiger partial charge in [0.05, 0.1) is 25.6 Å². The van der Waals surface area contributed by atoms with Crippen molar-refractivity contribution < 1.29 is 28.5 Å². The predicted molar refractivity (Wildman–Crippen MR) is 145 cm³/mol. The van der Waals surface area contributed by atoms with Crippen molar-refractivity contribution in [3.05, 3.63) is 76.7 Å². The van der Waals surface area contributed by atoms with Crippen molar-refractivity contribution in [2.24, 2.45) is 0 Å². The van der Waals surface area contributed by atoms with E-state index in [4.69, 9.17) is 14.2 Å². The summed E-state index contributed by atoms with van der Waals surface area (Å²) in [7, 11) is 0. The van der Waals surface area contributed by atoms with Crippen LogP contribution < -0.4 is 9.47 Å². The molecule has 0 radical (unpaired) electrons. The summed E-state index contributed by atoms with van der Waals surface area (Å²) in [5.41, 5.74) is 4.00. The van der Waals surface area contributed by atoms with Crippen LogP contribution in [-0.2, 0) is 16.0 Å². The van der Waals surface area contributed by atoms with Gasteiger partial charge >= 0.3 is 5.97 Å². The highest BCUT2D eigenvalue weighted by atomic mass is 19.1. The topological polar surface area (TPSA) is 102 Å². The molecule has 8 heteroatoms. The number of carbonyl (C=O) groups is 1. The Morgan fingerprint density at radius 1 is 1.18 bits per heavy atom. The minimum Gasteiger partial charge on any atom is -0.486 e. The number of nitriles is 1. The molecule has 3 aromatic rings. The van der Waals surface area contributed by atoms with Crippen LogP contribution in [0.15, 0.2) is 48.7 Å². The number of pyridine rings is 1. The standard InChI is InChI=1S/C32H29FN2O5/c1-2-3-21(17-30(36)37)20-4-6-24(7-5-20)39-29-11-9-27-26(8-10-28(33)31(27)29)23-16-22(18-34)32(35-19-23)40-25-12-14-38-15-13-25/h4-8,10,16,19,21,25,29H,9,11-15,17H2,1H3,(H,36,37)/t21?,29-/m1/s1. The average molecular weight is 541 g/mol. The number of carboxylic acids is 1. The van der Waals surface area contributed by atoms with Crippen LogP contribution in [0.1, 0.15) is 66.9 Å². The molecule has 1 saturated heterocycles. The molecular formula is C32H29FN2O5. The number of benzene rings is 2. The third kappa shape index (κ3) is 5.93. The summed E-state index contributed by atoms with van der Waals surface area (Å²) < 4.78 is 32.7. The molecule has 0 bridgehead atoms. The lowest BCUT2D eigenvalue weighted by molar-refractivity contribution is -0.137. The van der Waals surface area contributed by atoms with E-state index in [0.29, 0.717) is 48.8 Å². The van der Waals surface area contributed by atoms with Gasteiger partial charge in [-0.2, -0.15) is 5.26 Å². The van der Waals surface area contributed by atoms with Gasteiger partial charge in [0, 0.05) is 30.2 Å². The third-order valence-corrected chi connectivity index (χ3v) is 7.27. The quantitative estimate of drug-likeness (QED) is 0.352. The second-order valence-corrected chi connectivity index (χ2v) is 9.86. The molecule has 1 aliphatic heterocycles. The van der Waals surface area contributed by atoms with Crippen LogP contribution in [0, 0.1) is 29.0 Å².